The molecule has 1 aliphatic heterocycles. The number of carbonyl (C=O) groups excluding carboxylic acids is 1. The van der Waals surface area contributed by atoms with E-state index in [1.165, 1.54) is 12.1 Å². The van der Waals surface area contributed by atoms with E-state index in [9.17, 15) is 13.6 Å². The molecule has 1 saturated heterocycles. The van der Waals surface area contributed by atoms with Crippen LogP contribution in [0.2, 0.25) is 0 Å². The molecule has 1 aromatic carbocycles. The summed E-state index contributed by atoms with van der Waals surface area (Å²) in [5.41, 5.74) is 0.163. The molecular weight excluding hydrogens is 238 g/mol. The van der Waals surface area contributed by atoms with E-state index in [4.69, 9.17) is 0 Å². The predicted octanol–water partition coefficient (Wildman–Crippen LogP) is 2.20. The molecule has 1 N–H and O–H groups in total. The molecule has 0 aliphatic carbocycles. The largest absolute Gasteiger partial charge is 0.322 e. The zero-order valence-corrected chi connectivity index (χ0v) is 10.0. The molecule has 1 fully saturated rings. The molecule has 3 nitrogen and oxygen atoms in total. The van der Waals surface area contributed by atoms with E-state index in [2.05, 4.69) is 5.32 Å². The van der Waals surface area contributed by atoms with Crippen molar-refractivity contribution >= 4 is 11.6 Å². The molecule has 2 rings (SSSR count). The van der Waals surface area contributed by atoms with Gasteiger partial charge < -0.3 is 5.32 Å². The Hall–Kier alpha value is -1.49. The number of carbonyl (C=O) groups is 1. The van der Waals surface area contributed by atoms with Gasteiger partial charge in [-0.05, 0) is 31.5 Å². The maximum Gasteiger partial charge on any atom is 0.238 e. The average molecular weight is 254 g/mol. The Bertz CT molecular complexity index is 425. The van der Waals surface area contributed by atoms with Gasteiger partial charge in [0.25, 0.3) is 0 Å². The van der Waals surface area contributed by atoms with Crippen molar-refractivity contribution in [2.75, 3.05) is 25.0 Å². The van der Waals surface area contributed by atoms with Crippen LogP contribution in [0.25, 0.3) is 0 Å². The Labute approximate surface area is 105 Å². The first-order valence-electron chi connectivity index (χ1n) is 6.06. The first-order valence-corrected chi connectivity index (χ1v) is 6.06. The highest BCUT2D eigenvalue weighted by Gasteiger charge is 2.21. The molecule has 0 bridgehead atoms. The number of hydrogen-bond acceptors (Lipinski definition) is 2. The van der Waals surface area contributed by atoms with Crippen molar-refractivity contribution in [1.82, 2.24) is 4.90 Å². The molecule has 1 aliphatic rings. The second-order valence-electron chi connectivity index (χ2n) is 4.50. The number of anilines is 1. The number of rotatable bonds is 3. The number of nitrogens with zero attached hydrogens (tertiary/aromatic N) is 1. The smallest absolute Gasteiger partial charge is 0.238 e. The molecule has 1 unspecified atom stereocenters. The van der Waals surface area contributed by atoms with Crippen LogP contribution in [0.4, 0.5) is 14.5 Å². The molecule has 98 valence electrons. The van der Waals surface area contributed by atoms with Crippen LogP contribution in [0.1, 0.15) is 12.8 Å². The first-order chi connectivity index (χ1) is 8.65. The summed E-state index contributed by atoms with van der Waals surface area (Å²) >= 11 is 0. The summed E-state index contributed by atoms with van der Waals surface area (Å²) in [6, 6.07) is 6.00. The van der Waals surface area contributed by atoms with Crippen molar-refractivity contribution in [1.29, 1.82) is 0 Å². The summed E-state index contributed by atoms with van der Waals surface area (Å²) in [4.78, 5) is 13.5. The van der Waals surface area contributed by atoms with Crippen LogP contribution in [0.3, 0.4) is 0 Å². The van der Waals surface area contributed by atoms with Gasteiger partial charge in [0.2, 0.25) is 5.91 Å². The molecule has 1 heterocycles. The predicted molar refractivity (Wildman–Crippen MR) is 65.6 cm³/mol. The summed E-state index contributed by atoms with van der Waals surface area (Å²) in [5, 5.41) is 2.49. The zero-order valence-electron chi connectivity index (χ0n) is 10.0. The Kier molecular flexibility index (Phi) is 4.25. The van der Waals surface area contributed by atoms with Crippen molar-refractivity contribution in [2.45, 2.75) is 19.0 Å². The number of likely N-dealkylation sites (tertiary alicyclic amines) is 1. The van der Waals surface area contributed by atoms with E-state index >= 15 is 0 Å². The summed E-state index contributed by atoms with van der Waals surface area (Å²) < 4.78 is 26.4. The lowest BCUT2D eigenvalue weighted by Gasteiger charge is -2.28. The van der Waals surface area contributed by atoms with Crippen LogP contribution in [-0.2, 0) is 4.79 Å². The van der Waals surface area contributed by atoms with Gasteiger partial charge >= 0.3 is 0 Å². The van der Waals surface area contributed by atoms with Gasteiger partial charge in [-0.15, -0.1) is 0 Å². The number of amides is 1. The van der Waals surface area contributed by atoms with Crippen molar-refractivity contribution in [3.8, 4) is 0 Å². The van der Waals surface area contributed by atoms with Gasteiger partial charge in [0.15, 0.2) is 0 Å². The molecule has 0 radical (unpaired) electrons. The third-order valence-electron chi connectivity index (χ3n) is 2.96. The van der Waals surface area contributed by atoms with Gasteiger partial charge in [-0.3, -0.25) is 9.69 Å². The number of benzene rings is 1. The highest BCUT2D eigenvalue weighted by molar-refractivity contribution is 5.92. The minimum Gasteiger partial charge on any atom is -0.322 e. The Morgan fingerprint density at radius 1 is 1.44 bits per heavy atom. The minimum atomic E-state index is -0.861. The van der Waals surface area contributed by atoms with Crippen LogP contribution >= 0.6 is 0 Å². The van der Waals surface area contributed by atoms with E-state index < -0.39 is 12.0 Å². The fourth-order valence-electron chi connectivity index (χ4n) is 2.10. The van der Waals surface area contributed by atoms with Crippen LogP contribution in [-0.4, -0.2) is 36.6 Å². The van der Waals surface area contributed by atoms with Gasteiger partial charge in [0.1, 0.15) is 12.0 Å². The minimum absolute atomic E-state index is 0.106. The molecule has 1 aromatic rings. The van der Waals surface area contributed by atoms with Crippen molar-refractivity contribution < 1.29 is 13.6 Å². The Morgan fingerprint density at radius 2 is 2.22 bits per heavy atom. The van der Waals surface area contributed by atoms with E-state index in [0.717, 1.165) is 6.42 Å². The van der Waals surface area contributed by atoms with E-state index in [1.807, 2.05) is 0 Å². The fraction of sp³-hybridized carbons (Fsp3) is 0.462. The van der Waals surface area contributed by atoms with Gasteiger partial charge in [-0.25, -0.2) is 8.78 Å². The standard InChI is InChI=1S/C13H16F2N2O/c14-10-4-3-7-17(8-10)9-13(18)16-12-6-2-1-5-11(12)15/h1-2,5-6,10H,3-4,7-9H2,(H,16,18). The SMILES string of the molecule is O=C(CN1CCCC(F)C1)Nc1ccccc1F. The number of halogens is 2. The quantitative estimate of drug-likeness (QED) is 0.896. The molecule has 1 amide bonds. The van der Waals surface area contributed by atoms with E-state index in [1.54, 1.807) is 17.0 Å². The molecule has 1 atom stereocenters. The summed E-state index contributed by atoms with van der Waals surface area (Å²) in [6.45, 7) is 1.10. The van der Waals surface area contributed by atoms with Crippen LogP contribution in [0, 0.1) is 5.82 Å². The van der Waals surface area contributed by atoms with Crippen molar-refractivity contribution in [2.24, 2.45) is 0 Å². The average Bonchev–Trinajstić information content (AvgIpc) is 2.32. The monoisotopic (exact) mass is 254 g/mol. The number of hydrogen-bond donors (Lipinski definition) is 1. The summed E-state index contributed by atoms with van der Waals surface area (Å²) in [6.07, 6.45) is 0.458. The summed E-state index contributed by atoms with van der Waals surface area (Å²) in [7, 11) is 0. The molecule has 0 spiro atoms. The summed E-state index contributed by atoms with van der Waals surface area (Å²) in [5.74, 6) is -0.776. The highest BCUT2D eigenvalue weighted by Crippen LogP contribution is 2.14. The lowest BCUT2D eigenvalue weighted by molar-refractivity contribution is -0.117. The molecule has 5 heteroatoms. The lowest BCUT2D eigenvalue weighted by atomic mass is 10.1. The number of alkyl halides is 1. The fourth-order valence-corrected chi connectivity index (χ4v) is 2.10. The molecule has 0 saturated carbocycles. The molecule has 18 heavy (non-hydrogen) atoms. The topological polar surface area (TPSA) is 32.3 Å². The van der Waals surface area contributed by atoms with E-state index in [0.29, 0.717) is 13.0 Å². The molecular formula is C13H16F2N2O. The number of piperidine rings is 1. The lowest BCUT2D eigenvalue weighted by Crippen LogP contribution is -2.41. The Morgan fingerprint density at radius 3 is 2.94 bits per heavy atom. The van der Waals surface area contributed by atoms with Gasteiger partial charge in [0, 0.05) is 6.54 Å². The number of nitrogens with one attached hydrogen (secondary N) is 1. The maximum atomic E-state index is 13.3. The zero-order chi connectivity index (χ0) is 13.0. The van der Waals surface area contributed by atoms with Crippen LogP contribution < -0.4 is 5.32 Å². The maximum absolute atomic E-state index is 13.3. The Balaban J connectivity index is 1.87. The second kappa shape index (κ2) is 5.91. The van der Waals surface area contributed by atoms with Crippen LogP contribution in [0.5, 0.6) is 0 Å². The van der Waals surface area contributed by atoms with Gasteiger partial charge in [-0.2, -0.15) is 0 Å². The third kappa shape index (κ3) is 3.50. The molecule has 0 aromatic heterocycles. The van der Waals surface area contributed by atoms with Gasteiger partial charge in [0.05, 0.1) is 12.2 Å². The van der Waals surface area contributed by atoms with Gasteiger partial charge in [-0.1, -0.05) is 12.1 Å². The van der Waals surface area contributed by atoms with Crippen molar-refractivity contribution in [3.63, 3.8) is 0 Å². The normalized spacial score (nSPS) is 20.7. The first kappa shape index (κ1) is 13.0. The second-order valence-corrected chi connectivity index (χ2v) is 4.50. The highest BCUT2D eigenvalue weighted by atomic mass is 19.1. The number of para-hydroxylation sites is 1. The van der Waals surface area contributed by atoms with E-state index in [-0.39, 0.29) is 24.7 Å². The van der Waals surface area contributed by atoms with Crippen LogP contribution in [0.15, 0.2) is 24.3 Å². The third-order valence-corrected chi connectivity index (χ3v) is 2.96. The van der Waals surface area contributed by atoms with Crippen molar-refractivity contribution in [3.05, 3.63) is 30.1 Å².